The van der Waals surface area contributed by atoms with Crippen molar-refractivity contribution < 1.29 is 4.79 Å². The van der Waals surface area contributed by atoms with Crippen LogP contribution in [0.15, 0.2) is 6.20 Å². The summed E-state index contributed by atoms with van der Waals surface area (Å²) in [7, 11) is 0. The third-order valence-electron chi connectivity index (χ3n) is 3.90. The van der Waals surface area contributed by atoms with Crippen LogP contribution >= 0.6 is 0 Å². The Morgan fingerprint density at radius 2 is 2.47 bits per heavy atom. The summed E-state index contributed by atoms with van der Waals surface area (Å²) in [5, 5.41) is 13.3. The molecule has 2 heterocycles. The number of H-pyrrole nitrogens is 1. The number of likely N-dealkylation sites (tertiary alicyclic amines) is 1. The molecule has 0 aromatic carbocycles. The average Bonchev–Trinajstić information content (AvgIpc) is 2.91. The second-order valence-corrected chi connectivity index (χ2v) is 5.50. The normalized spacial score (nSPS) is 24.3. The molecule has 1 atom stereocenters. The lowest BCUT2D eigenvalue weighted by molar-refractivity contribution is -0.133. The van der Waals surface area contributed by atoms with Gasteiger partial charge in [0, 0.05) is 19.5 Å². The Bertz CT molecular complexity index is 405. The van der Waals surface area contributed by atoms with Crippen molar-refractivity contribution in [3.05, 3.63) is 11.9 Å². The number of rotatable bonds is 5. The van der Waals surface area contributed by atoms with E-state index in [9.17, 15) is 4.79 Å². The number of amides is 1. The number of piperidine rings is 1. The van der Waals surface area contributed by atoms with Gasteiger partial charge in [0.25, 0.3) is 0 Å². The van der Waals surface area contributed by atoms with Gasteiger partial charge in [0.05, 0.1) is 17.3 Å². The summed E-state index contributed by atoms with van der Waals surface area (Å²) in [5.41, 5.74) is 0.627. The van der Waals surface area contributed by atoms with Crippen molar-refractivity contribution in [2.75, 3.05) is 26.2 Å². The molecule has 106 valence electrons. The van der Waals surface area contributed by atoms with Crippen molar-refractivity contribution in [1.82, 2.24) is 25.6 Å². The van der Waals surface area contributed by atoms with Crippen molar-refractivity contribution in [3.63, 3.8) is 0 Å². The monoisotopic (exact) mass is 265 g/mol. The number of carbonyl (C=O) groups excluding carboxylic acids is 1. The molecule has 2 N–H and O–H groups in total. The molecule has 6 nitrogen and oxygen atoms in total. The molecule has 1 amide bonds. The number of nitrogens with one attached hydrogen (secondary N) is 2. The van der Waals surface area contributed by atoms with Gasteiger partial charge >= 0.3 is 0 Å². The number of carbonyl (C=O) groups is 1. The third-order valence-corrected chi connectivity index (χ3v) is 3.90. The minimum absolute atomic E-state index is 0.161. The second kappa shape index (κ2) is 6.14. The molecule has 0 radical (unpaired) electrons. The van der Waals surface area contributed by atoms with E-state index in [4.69, 9.17) is 0 Å². The Morgan fingerprint density at radius 3 is 3.16 bits per heavy atom. The van der Waals surface area contributed by atoms with Crippen LogP contribution in [0.25, 0.3) is 0 Å². The molecule has 1 fully saturated rings. The van der Waals surface area contributed by atoms with Crippen LogP contribution in [0.3, 0.4) is 0 Å². The smallest absolute Gasteiger partial charge is 0.227 e. The van der Waals surface area contributed by atoms with E-state index in [2.05, 4.69) is 39.5 Å². The lowest BCUT2D eigenvalue weighted by Crippen LogP contribution is -2.50. The number of nitrogens with zero attached hydrogens (tertiary/aromatic N) is 3. The average molecular weight is 265 g/mol. The van der Waals surface area contributed by atoms with Crippen LogP contribution in [-0.2, 0) is 11.2 Å². The fraction of sp³-hybridized carbons (Fsp3) is 0.769. The van der Waals surface area contributed by atoms with Crippen molar-refractivity contribution >= 4 is 5.91 Å². The molecule has 0 spiro atoms. The van der Waals surface area contributed by atoms with E-state index in [1.54, 1.807) is 6.20 Å². The number of hydrogen-bond acceptors (Lipinski definition) is 4. The van der Waals surface area contributed by atoms with Crippen LogP contribution in [0.1, 0.15) is 32.4 Å². The fourth-order valence-electron chi connectivity index (χ4n) is 2.66. The topological polar surface area (TPSA) is 73.9 Å². The molecule has 0 bridgehead atoms. The molecule has 1 unspecified atom stereocenters. The molecule has 19 heavy (non-hydrogen) atoms. The summed E-state index contributed by atoms with van der Waals surface area (Å²) < 4.78 is 0. The van der Waals surface area contributed by atoms with Gasteiger partial charge in [-0.25, -0.2) is 0 Å². The molecular formula is C13H23N5O. The van der Waals surface area contributed by atoms with Crippen LogP contribution in [0.2, 0.25) is 0 Å². The van der Waals surface area contributed by atoms with Gasteiger partial charge in [-0.05, 0) is 32.9 Å². The molecule has 1 saturated heterocycles. The van der Waals surface area contributed by atoms with E-state index < -0.39 is 0 Å². The van der Waals surface area contributed by atoms with Crippen molar-refractivity contribution in [1.29, 1.82) is 0 Å². The zero-order chi connectivity index (χ0) is 13.7. The Balaban J connectivity index is 1.81. The molecule has 1 aliphatic heterocycles. The van der Waals surface area contributed by atoms with Crippen LogP contribution < -0.4 is 5.32 Å². The Kier molecular flexibility index (Phi) is 4.52. The molecule has 0 saturated carbocycles. The minimum Gasteiger partial charge on any atom is -0.355 e. The number of aromatic amines is 1. The van der Waals surface area contributed by atoms with Crippen LogP contribution in [0.4, 0.5) is 0 Å². The van der Waals surface area contributed by atoms with Gasteiger partial charge in [0.1, 0.15) is 0 Å². The minimum atomic E-state index is -0.252. The van der Waals surface area contributed by atoms with Gasteiger partial charge in [0.2, 0.25) is 5.91 Å². The maximum Gasteiger partial charge on any atom is 0.227 e. The Morgan fingerprint density at radius 1 is 1.63 bits per heavy atom. The zero-order valence-corrected chi connectivity index (χ0v) is 11.8. The quantitative estimate of drug-likeness (QED) is 0.817. The van der Waals surface area contributed by atoms with E-state index in [1.807, 2.05) is 0 Å². The van der Waals surface area contributed by atoms with E-state index in [0.29, 0.717) is 6.54 Å². The van der Waals surface area contributed by atoms with Crippen LogP contribution in [0, 0.1) is 5.41 Å². The lowest BCUT2D eigenvalue weighted by Gasteiger charge is -2.38. The van der Waals surface area contributed by atoms with Gasteiger partial charge < -0.3 is 10.2 Å². The maximum atomic E-state index is 12.3. The van der Waals surface area contributed by atoms with Crippen LogP contribution in [-0.4, -0.2) is 52.4 Å². The third kappa shape index (κ3) is 3.53. The predicted octanol–water partition coefficient (Wildman–Crippen LogP) is 0.585. The van der Waals surface area contributed by atoms with Gasteiger partial charge in [-0.1, -0.05) is 6.92 Å². The van der Waals surface area contributed by atoms with E-state index in [-0.39, 0.29) is 11.3 Å². The fourth-order valence-corrected chi connectivity index (χ4v) is 2.66. The largest absolute Gasteiger partial charge is 0.355 e. The zero-order valence-electron chi connectivity index (χ0n) is 11.8. The lowest BCUT2D eigenvalue weighted by atomic mass is 9.81. The SMILES string of the molecule is CCN1CCCC(C)(C(=O)NCCc2cn[nH]n2)C1. The number of aromatic nitrogens is 3. The molecule has 1 aliphatic rings. The molecule has 0 aliphatic carbocycles. The van der Waals surface area contributed by atoms with Crippen molar-refractivity contribution in [2.24, 2.45) is 5.41 Å². The van der Waals surface area contributed by atoms with Crippen molar-refractivity contribution in [3.8, 4) is 0 Å². The van der Waals surface area contributed by atoms with Gasteiger partial charge in [-0.2, -0.15) is 15.4 Å². The predicted molar refractivity (Wildman–Crippen MR) is 72.6 cm³/mol. The first-order valence-corrected chi connectivity index (χ1v) is 6.99. The van der Waals surface area contributed by atoms with Gasteiger partial charge in [-0.3, -0.25) is 4.79 Å². The van der Waals surface area contributed by atoms with E-state index in [0.717, 1.165) is 44.6 Å². The highest BCUT2D eigenvalue weighted by molar-refractivity contribution is 5.82. The van der Waals surface area contributed by atoms with Gasteiger partial charge in [-0.15, -0.1) is 0 Å². The first-order valence-electron chi connectivity index (χ1n) is 6.99. The summed E-state index contributed by atoms with van der Waals surface area (Å²) in [6.45, 7) is 7.82. The molecule has 1 aromatic rings. The number of hydrogen-bond donors (Lipinski definition) is 2. The summed E-state index contributed by atoms with van der Waals surface area (Å²) in [4.78, 5) is 14.7. The molecule has 1 aromatic heterocycles. The maximum absolute atomic E-state index is 12.3. The molecule has 2 rings (SSSR count). The summed E-state index contributed by atoms with van der Waals surface area (Å²) in [5.74, 6) is 0.161. The Labute approximate surface area is 113 Å². The summed E-state index contributed by atoms with van der Waals surface area (Å²) >= 11 is 0. The molecular weight excluding hydrogens is 242 g/mol. The summed E-state index contributed by atoms with van der Waals surface area (Å²) in [6.07, 6.45) is 4.48. The van der Waals surface area contributed by atoms with Gasteiger partial charge in [0.15, 0.2) is 0 Å². The standard InChI is InChI=1S/C13H23N5O/c1-3-18-8-4-6-13(2,10-18)12(19)14-7-5-11-9-15-17-16-11/h9H,3-8,10H2,1-2H3,(H,14,19)(H,15,16,17). The van der Waals surface area contributed by atoms with E-state index >= 15 is 0 Å². The molecule has 6 heteroatoms. The van der Waals surface area contributed by atoms with Crippen LogP contribution in [0.5, 0.6) is 0 Å². The highest BCUT2D eigenvalue weighted by Gasteiger charge is 2.36. The Hall–Kier alpha value is -1.43. The second-order valence-electron chi connectivity index (χ2n) is 5.50. The first-order chi connectivity index (χ1) is 9.14. The summed E-state index contributed by atoms with van der Waals surface area (Å²) in [6, 6.07) is 0. The van der Waals surface area contributed by atoms with E-state index in [1.165, 1.54) is 0 Å². The highest BCUT2D eigenvalue weighted by Crippen LogP contribution is 2.29. The first kappa shape index (κ1) is 14.0. The van der Waals surface area contributed by atoms with Crippen molar-refractivity contribution in [2.45, 2.75) is 33.1 Å². The highest BCUT2D eigenvalue weighted by atomic mass is 16.2.